The van der Waals surface area contributed by atoms with Crippen molar-refractivity contribution in [2.75, 3.05) is 0 Å². The molecule has 19 heavy (non-hydrogen) atoms. The topological polar surface area (TPSA) is 54.4 Å². The molecule has 0 saturated carbocycles. The molecule has 0 aliphatic rings. The summed E-state index contributed by atoms with van der Waals surface area (Å²) in [7, 11) is 0. The molecule has 5 heteroatoms. The third-order valence-electron chi connectivity index (χ3n) is 2.80. The minimum absolute atomic E-state index is 0.0911. The smallest absolute Gasteiger partial charge is 0.335 e. The van der Waals surface area contributed by atoms with Gasteiger partial charge in [0.1, 0.15) is 0 Å². The van der Waals surface area contributed by atoms with Gasteiger partial charge in [-0.05, 0) is 35.4 Å². The number of benzene rings is 2. The van der Waals surface area contributed by atoms with Gasteiger partial charge in [-0.3, -0.25) is 4.79 Å². The Morgan fingerprint density at radius 1 is 0.895 bits per heavy atom. The second-order valence-electron chi connectivity index (χ2n) is 4.00. The maximum Gasteiger partial charge on any atom is 0.335 e. The molecule has 94 valence electrons. The normalized spacial score (nSPS) is 10.7. The summed E-state index contributed by atoms with van der Waals surface area (Å²) in [5.41, 5.74) is 2.20. The molecule has 1 aromatic heterocycles. The molecule has 0 bridgehead atoms. The van der Waals surface area contributed by atoms with Crippen molar-refractivity contribution in [3.8, 4) is 11.1 Å². The highest BCUT2D eigenvalue weighted by atomic mass is 32.2. The zero-order valence-electron chi connectivity index (χ0n) is 9.62. The maximum absolute atomic E-state index is 11.3. The number of hydrogen-bond acceptors (Lipinski definition) is 4. The second kappa shape index (κ2) is 4.60. The summed E-state index contributed by atoms with van der Waals surface area (Å²) in [5, 5.41) is 8.86. The molecule has 2 aromatic carbocycles. The van der Waals surface area contributed by atoms with Gasteiger partial charge in [-0.2, -0.15) is 0 Å². The molecule has 0 radical (unpaired) electrons. The van der Waals surface area contributed by atoms with E-state index < -0.39 is 5.97 Å². The summed E-state index contributed by atoms with van der Waals surface area (Å²) < 4.78 is 2.05. The molecule has 3 aromatic rings. The number of aromatic carboxylic acids is 1. The Morgan fingerprint density at radius 3 is 2.21 bits per heavy atom. The van der Waals surface area contributed by atoms with E-state index in [4.69, 9.17) is 5.11 Å². The van der Waals surface area contributed by atoms with Gasteiger partial charge in [0.25, 0.3) is 4.06 Å². The molecule has 1 N–H and O–H groups in total. The molecule has 0 unspecified atom stereocenters. The van der Waals surface area contributed by atoms with E-state index in [1.165, 1.54) is 22.7 Å². The van der Waals surface area contributed by atoms with Crippen molar-refractivity contribution < 1.29 is 9.90 Å². The maximum atomic E-state index is 11.3. The van der Waals surface area contributed by atoms with Gasteiger partial charge < -0.3 is 5.11 Å². The van der Waals surface area contributed by atoms with Crippen LogP contribution >= 0.6 is 22.7 Å². The Labute approximate surface area is 116 Å². The predicted octanol–water partition coefficient (Wildman–Crippen LogP) is 3.69. The minimum atomic E-state index is -0.932. The van der Waals surface area contributed by atoms with Gasteiger partial charge in [0.05, 0.1) is 5.56 Å². The first-order valence-corrected chi connectivity index (χ1v) is 7.14. The lowest BCUT2D eigenvalue weighted by molar-refractivity contribution is 0.0697. The van der Waals surface area contributed by atoms with Crippen molar-refractivity contribution in [3.63, 3.8) is 0 Å². The van der Waals surface area contributed by atoms with Crippen LogP contribution in [0.15, 0.2) is 47.3 Å². The number of hydrogen-bond donors (Lipinski definition) is 1. The molecule has 0 aliphatic heterocycles. The molecule has 0 atom stereocenters. The van der Waals surface area contributed by atoms with Gasteiger partial charge in [-0.25, -0.2) is 4.79 Å². The van der Waals surface area contributed by atoms with Gasteiger partial charge in [0.2, 0.25) is 0 Å². The zero-order chi connectivity index (χ0) is 13.4. The van der Waals surface area contributed by atoms with Crippen LogP contribution < -0.4 is 4.06 Å². The zero-order valence-corrected chi connectivity index (χ0v) is 11.3. The van der Waals surface area contributed by atoms with E-state index in [1.807, 2.05) is 18.2 Å². The van der Waals surface area contributed by atoms with Crippen LogP contribution in [0.25, 0.3) is 20.5 Å². The van der Waals surface area contributed by atoms with Crippen LogP contribution in [0.4, 0.5) is 0 Å². The van der Waals surface area contributed by atoms with Crippen molar-refractivity contribution >= 4 is 38.0 Å². The molecule has 3 rings (SSSR count). The number of carboxylic acids is 1. The molecule has 3 nitrogen and oxygen atoms in total. The first kappa shape index (κ1) is 12.1. The van der Waals surface area contributed by atoms with Crippen LogP contribution in [0.3, 0.4) is 0 Å². The van der Waals surface area contributed by atoms with Crippen LogP contribution in [-0.2, 0) is 0 Å². The molecular formula is C14H8O3S2. The van der Waals surface area contributed by atoms with E-state index in [0.717, 1.165) is 20.5 Å². The third kappa shape index (κ3) is 2.30. The third-order valence-corrected chi connectivity index (χ3v) is 4.89. The van der Waals surface area contributed by atoms with Gasteiger partial charge in [-0.1, -0.05) is 40.9 Å². The molecule has 0 fully saturated rings. The number of fused-ring (bicyclic) bond motifs is 1. The van der Waals surface area contributed by atoms with Crippen molar-refractivity contribution in [1.82, 2.24) is 0 Å². The van der Waals surface area contributed by atoms with E-state index in [2.05, 4.69) is 0 Å². The van der Waals surface area contributed by atoms with Crippen LogP contribution in [-0.4, -0.2) is 11.1 Å². The fourth-order valence-corrected chi connectivity index (χ4v) is 3.82. The van der Waals surface area contributed by atoms with Crippen molar-refractivity contribution in [3.05, 3.63) is 56.9 Å². The highest BCUT2D eigenvalue weighted by Crippen LogP contribution is 2.28. The Balaban J connectivity index is 2.07. The minimum Gasteiger partial charge on any atom is -0.478 e. The van der Waals surface area contributed by atoms with Gasteiger partial charge in [0.15, 0.2) is 0 Å². The van der Waals surface area contributed by atoms with E-state index in [1.54, 1.807) is 24.3 Å². The summed E-state index contributed by atoms with van der Waals surface area (Å²) in [6.07, 6.45) is 0. The van der Waals surface area contributed by atoms with Crippen LogP contribution in [0.2, 0.25) is 0 Å². The monoisotopic (exact) mass is 288 g/mol. The lowest BCUT2D eigenvalue weighted by atomic mass is 10.0. The fourth-order valence-electron chi connectivity index (χ4n) is 1.86. The van der Waals surface area contributed by atoms with Gasteiger partial charge in [0, 0.05) is 9.40 Å². The first-order chi connectivity index (χ1) is 9.13. The summed E-state index contributed by atoms with van der Waals surface area (Å²) in [6, 6.07) is 12.6. The largest absolute Gasteiger partial charge is 0.478 e. The summed E-state index contributed by atoms with van der Waals surface area (Å²) >= 11 is 2.49. The lowest BCUT2D eigenvalue weighted by Gasteiger charge is -2.02. The average Bonchev–Trinajstić information content (AvgIpc) is 2.77. The quantitative estimate of drug-likeness (QED) is 0.782. The second-order valence-corrected chi connectivity index (χ2v) is 6.29. The fraction of sp³-hybridized carbons (Fsp3) is 0. The highest BCUT2D eigenvalue weighted by Gasteiger charge is 2.05. The Hall–Kier alpha value is -1.98. The van der Waals surface area contributed by atoms with Gasteiger partial charge in [-0.15, -0.1) is 0 Å². The number of rotatable bonds is 2. The molecule has 0 aliphatic carbocycles. The highest BCUT2D eigenvalue weighted by molar-refractivity contribution is 7.35. The molecular weight excluding hydrogens is 280 g/mol. The SMILES string of the molecule is O=C(O)c1ccc(-c2ccc3sc(=O)sc3c2)cc1. The summed E-state index contributed by atoms with van der Waals surface area (Å²) in [5.74, 6) is -0.932. The molecule has 0 amide bonds. The van der Waals surface area contributed by atoms with Crippen LogP contribution in [0.1, 0.15) is 10.4 Å². The number of carbonyl (C=O) groups is 1. The Morgan fingerprint density at radius 2 is 1.53 bits per heavy atom. The first-order valence-electron chi connectivity index (χ1n) is 5.51. The molecule has 1 heterocycles. The Bertz CT molecular complexity index is 813. The average molecular weight is 288 g/mol. The molecule has 0 spiro atoms. The van der Waals surface area contributed by atoms with Crippen molar-refractivity contribution in [1.29, 1.82) is 0 Å². The standard InChI is InChI=1S/C14H8O3S2/c15-13(16)9-3-1-8(2-4-9)10-5-6-11-12(7-10)19-14(17)18-11/h1-7H,(H,15,16). The summed E-state index contributed by atoms with van der Waals surface area (Å²) in [6.45, 7) is 0. The van der Waals surface area contributed by atoms with Crippen molar-refractivity contribution in [2.24, 2.45) is 0 Å². The van der Waals surface area contributed by atoms with E-state index in [9.17, 15) is 9.59 Å². The van der Waals surface area contributed by atoms with E-state index >= 15 is 0 Å². The number of carboxylic acid groups (broad SMARTS) is 1. The summed E-state index contributed by atoms with van der Waals surface area (Å²) in [4.78, 5) is 22.1. The Kier molecular flexibility index (Phi) is 2.93. The predicted molar refractivity (Wildman–Crippen MR) is 78.4 cm³/mol. The van der Waals surface area contributed by atoms with E-state index in [-0.39, 0.29) is 9.62 Å². The van der Waals surface area contributed by atoms with E-state index in [0.29, 0.717) is 0 Å². The van der Waals surface area contributed by atoms with Crippen LogP contribution in [0, 0.1) is 0 Å². The van der Waals surface area contributed by atoms with Crippen LogP contribution in [0.5, 0.6) is 0 Å². The van der Waals surface area contributed by atoms with Crippen molar-refractivity contribution in [2.45, 2.75) is 0 Å². The van der Waals surface area contributed by atoms with Gasteiger partial charge >= 0.3 is 5.97 Å². The molecule has 0 saturated heterocycles. The lowest BCUT2D eigenvalue weighted by Crippen LogP contribution is -1.94.